The van der Waals surface area contributed by atoms with E-state index in [9.17, 15) is 5.11 Å². The molecule has 0 fully saturated rings. The maximum atomic E-state index is 9.25. The summed E-state index contributed by atoms with van der Waals surface area (Å²) in [7, 11) is 0. The van der Waals surface area contributed by atoms with Gasteiger partial charge in [-0.2, -0.15) is 0 Å². The predicted octanol–water partition coefficient (Wildman–Crippen LogP) is 1.71. The molecule has 1 aromatic heterocycles. The molecular formula is C14H19N3O2. The summed E-state index contributed by atoms with van der Waals surface area (Å²) in [6, 6.07) is 3.86. The van der Waals surface area contributed by atoms with Crippen LogP contribution in [-0.4, -0.2) is 27.4 Å². The number of ether oxygens (including phenoxy) is 1. The van der Waals surface area contributed by atoms with Gasteiger partial charge in [-0.15, -0.1) is 0 Å². The Labute approximate surface area is 112 Å². The SMILES string of the molecule is CCCCn1c(N)nc2ccc3c(c21)CC(CO)O3. The molecule has 1 atom stereocenters. The lowest BCUT2D eigenvalue weighted by molar-refractivity contribution is 0.134. The maximum absolute atomic E-state index is 9.25. The summed E-state index contributed by atoms with van der Waals surface area (Å²) in [6.45, 7) is 3.07. The molecule has 3 rings (SSSR count). The first-order valence-corrected chi connectivity index (χ1v) is 6.79. The molecule has 2 heterocycles. The molecule has 19 heavy (non-hydrogen) atoms. The fourth-order valence-electron chi connectivity index (χ4n) is 2.70. The normalized spacial score (nSPS) is 17.7. The van der Waals surface area contributed by atoms with E-state index in [2.05, 4.69) is 16.5 Å². The molecule has 2 aromatic rings. The lowest BCUT2D eigenvalue weighted by Crippen LogP contribution is -2.17. The second-order valence-corrected chi connectivity index (χ2v) is 5.01. The Kier molecular flexibility index (Phi) is 3.06. The molecule has 1 unspecified atom stereocenters. The van der Waals surface area contributed by atoms with Crippen LogP contribution in [0.1, 0.15) is 25.3 Å². The second-order valence-electron chi connectivity index (χ2n) is 5.01. The zero-order valence-electron chi connectivity index (χ0n) is 11.1. The van der Waals surface area contributed by atoms with Gasteiger partial charge in [-0.05, 0) is 18.6 Å². The third-order valence-electron chi connectivity index (χ3n) is 3.66. The third-order valence-corrected chi connectivity index (χ3v) is 3.66. The van der Waals surface area contributed by atoms with Crippen LogP contribution in [0.5, 0.6) is 5.75 Å². The van der Waals surface area contributed by atoms with E-state index >= 15 is 0 Å². The van der Waals surface area contributed by atoms with Crippen molar-refractivity contribution < 1.29 is 9.84 Å². The highest BCUT2D eigenvalue weighted by molar-refractivity contribution is 5.84. The zero-order valence-corrected chi connectivity index (χ0v) is 11.1. The standard InChI is InChI=1S/C14H19N3O2/c1-2-3-6-17-13-10-7-9(8-18)19-12(10)5-4-11(13)16-14(17)15/h4-5,9,18H,2-3,6-8H2,1H3,(H2,15,16). The monoisotopic (exact) mass is 261 g/mol. The van der Waals surface area contributed by atoms with Crippen molar-refractivity contribution in [1.82, 2.24) is 9.55 Å². The molecule has 5 heteroatoms. The van der Waals surface area contributed by atoms with E-state index in [1.165, 1.54) is 0 Å². The minimum absolute atomic E-state index is 0.0365. The van der Waals surface area contributed by atoms with Gasteiger partial charge in [0.25, 0.3) is 0 Å². The van der Waals surface area contributed by atoms with E-state index in [-0.39, 0.29) is 12.7 Å². The molecule has 3 N–H and O–H groups in total. The number of hydrogen-bond acceptors (Lipinski definition) is 4. The quantitative estimate of drug-likeness (QED) is 0.878. The van der Waals surface area contributed by atoms with Gasteiger partial charge < -0.3 is 20.1 Å². The number of aliphatic hydroxyl groups is 1. The van der Waals surface area contributed by atoms with Crippen LogP contribution in [0.15, 0.2) is 12.1 Å². The van der Waals surface area contributed by atoms with Crippen molar-refractivity contribution >= 4 is 17.0 Å². The number of nitrogen functional groups attached to an aromatic ring is 1. The van der Waals surface area contributed by atoms with E-state index < -0.39 is 0 Å². The molecule has 1 aliphatic heterocycles. The Hall–Kier alpha value is -1.75. The minimum atomic E-state index is -0.142. The molecule has 0 bridgehead atoms. The van der Waals surface area contributed by atoms with Crippen molar-refractivity contribution in [3.63, 3.8) is 0 Å². The van der Waals surface area contributed by atoms with Crippen molar-refractivity contribution in [2.45, 2.75) is 38.8 Å². The molecule has 102 valence electrons. The molecule has 1 aliphatic rings. The molecular weight excluding hydrogens is 242 g/mol. The molecule has 0 spiro atoms. The predicted molar refractivity (Wildman–Crippen MR) is 74.3 cm³/mol. The summed E-state index contributed by atoms with van der Waals surface area (Å²) >= 11 is 0. The second kappa shape index (κ2) is 4.74. The number of unbranched alkanes of at least 4 members (excludes halogenated alkanes) is 1. The first kappa shape index (κ1) is 12.3. The van der Waals surface area contributed by atoms with Gasteiger partial charge in [0.05, 0.1) is 17.6 Å². The van der Waals surface area contributed by atoms with Gasteiger partial charge in [0.15, 0.2) is 0 Å². The highest BCUT2D eigenvalue weighted by Crippen LogP contribution is 2.36. The van der Waals surface area contributed by atoms with Gasteiger partial charge in [0.1, 0.15) is 11.9 Å². The first-order valence-electron chi connectivity index (χ1n) is 6.79. The van der Waals surface area contributed by atoms with E-state index in [1.807, 2.05) is 12.1 Å². The molecule has 0 radical (unpaired) electrons. The van der Waals surface area contributed by atoms with Crippen LogP contribution < -0.4 is 10.5 Å². The van der Waals surface area contributed by atoms with Crippen LogP contribution >= 0.6 is 0 Å². The fourth-order valence-corrected chi connectivity index (χ4v) is 2.70. The average Bonchev–Trinajstić information content (AvgIpc) is 2.96. The number of hydrogen-bond donors (Lipinski definition) is 2. The van der Waals surface area contributed by atoms with E-state index in [4.69, 9.17) is 10.5 Å². The summed E-state index contributed by atoms with van der Waals surface area (Å²) in [5.74, 6) is 1.41. The number of aromatic nitrogens is 2. The highest BCUT2D eigenvalue weighted by atomic mass is 16.5. The summed E-state index contributed by atoms with van der Waals surface area (Å²) in [5, 5.41) is 9.25. The zero-order chi connectivity index (χ0) is 13.4. The lowest BCUT2D eigenvalue weighted by atomic mass is 10.1. The van der Waals surface area contributed by atoms with Crippen LogP contribution in [0.2, 0.25) is 0 Å². The van der Waals surface area contributed by atoms with Gasteiger partial charge in [-0.25, -0.2) is 4.98 Å². The smallest absolute Gasteiger partial charge is 0.201 e. The maximum Gasteiger partial charge on any atom is 0.201 e. The number of nitrogens with zero attached hydrogens (tertiary/aromatic N) is 2. The molecule has 0 aliphatic carbocycles. The Bertz CT molecular complexity index is 606. The molecule has 0 amide bonds. The number of anilines is 1. The number of imidazole rings is 1. The summed E-state index contributed by atoms with van der Waals surface area (Å²) < 4.78 is 7.77. The van der Waals surface area contributed by atoms with Crippen molar-refractivity contribution in [1.29, 1.82) is 0 Å². The first-order chi connectivity index (χ1) is 9.24. The van der Waals surface area contributed by atoms with Crippen LogP contribution in [0, 0.1) is 0 Å². The van der Waals surface area contributed by atoms with Gasteiger partial charge in [-0.3, -0.25) is 0 Å². The molecule has 5 nitrogen and oxygen atoms in total. The Balaban J connectivity index is 2.11. The summed E-state index contributed by atoms with van der Waals surface area (Å²) in [5.41, 5.74) is 9.12. The van der Waals surface area contributed by atoms with Crippen LogP contribution in [0.25, 0.3) is 11.0 Å². The highest BCUT2D eigenvalue weighted by Gasteiger charge is 2.26. The lowest BCUT2D eigenvalue weighted by Gasteiger charge is -2.07. The van der Waals surface area contributed by atoms with Crippen LogP contribution in [0.3, 0.4) is 0 Å². The third kappa shape index (κ3) is 1.94. The molecule has 0 saturated carbocycles. The number of rotatable bonds is 4. The van der Waals surface area contributed by atoms with Crippen molar-refractivity contribution in [2.24, 2.45) is 0 Å². The van der Waals surface area contributed by atoms with Crippen LogP contribution in [0.4, 0.5) is 5.95 Å². The number of nitrogens with two attached hydrogens (primary N) is 1. The van der Waals surface area contributed by atoms with E-state index in [0.717, 1.165) is 48.2 Å². The number of aliphatic hydroxyl groups excluding tert-OH is 1. The van der Waals surface area contributed by atoms with Gasteiger partial charge in [-0.1, -0.05) is 13.3 Å². The van der Waals surface area contributed by atoms with Gasteiger partial charge >= 0.3 is 0 Å². The van der Waals surface area contributed by atoms with Crippen molar-refractivity contribution in [2.75, 3.05) is 12.3 Å². The van der Waals surface area contributed by atoms with Crippen LogP contribution in [-0.2, 0) is 13.0 Å². The molecule has 1 aromatic carbocycles. The number of fused-ring (bicyclic) bond motifs is 3. The van der Waals surface area contributed by atoms with E-state index in [0.29, 0.717) is 5.95 Å². The topological polar surface area (TPSA) is 73.3 Å². The Morgan fingerprint density at radius 2 is 2.37 bits per heavy atom. The van der Waals surface area contributed by atoms with E-state index in [1.54, 1.807) is 0 Å². The Morgan fingerprint density at radius 1 is 1.53 bits per heavy atom. The number of aryl methyl sites for hydroxylation is 1. The minimum Gasteiger partial charge on any atom is -0.487 e. The van der Waals surface area contributed by atoms with Gasteiger partial charge in [0, 0.05) is 18.5 Å². The largest absolute Gasteiger partial charge is 0.487 e. The molecule has 0 saturated heterocycles. The summed E-state index contributed by atoms with van der Waals surface area (Å²) in [4.78, 5) is 4.42. The number of benzene rings is 1. The average molecular weight is 261 g/mol. The van der Waals surface area contributed by atoms with Gasteiger partial charge in [0.2, 0.25) is 5.95 Å². The van der Waals surface area contributed by atoms with Crippen molar-refractivity contribution in [3.8, 4) is 5.75 Å². The Morgan fingerprint density at radius 3 is 3.11 bits per heavy atom. The summed E-state index contributed by atoms with van der Waals surface area (Å²) in [6.07, 6.45) is 2.77. The fraction of sp³-hybridized carbons (Fsp3) is 0.500. The van der Waals surface area contributed by atoms with Crippen molar-refractivity contribution in [3.05, 3.63) is 17.7 Å².